The Morgan fingerprint density at radius 1 is 0.452 bits per heavy atom. The smallest absolute Gasteiger partial charge is 0.226 e. The minimum absolute atomic E-state index is 0.140. The van der Waals surface area contributed by atoms with Crippen LogP contribution in [0.25, 0.3) is 77.7 Å². The van der Waals surface area contributed by atoms with Crippen LogP contribution >= 0.6 is 11.6 Å². The second kappa shape index (κ2) is 9.95. The first-order valence-electron chi connectivity index (χ1n) is 13.7. The van der Waals surface area contributed by atoms with E-state index in [2.05, 4.69) is 88.8 Å². The summed E-state index contributed by atoms with van der Waals surface area (Å²) in [6.45, 7) is 0. The van der Waals surface area contributed by atoms with Crippen LogP contribution in [0.5, 0.6) is 0 Å². The van der Waals surface area contributed by atoms with Gasteiger partial charge in [0, 0.05) is 27.5 Å². The predicted molar refractivity (Wildman–Crippen MR) is 171 cm³/mol. The molecule has 0 fully saturated rings. The number of rotatable bonds is 4. The van der Waals surface area contributed by atoms with Crippen molar-refractivity contribution < 1.29 is 4.42 Å². The lowest BCUT2D eigenvalue weighted by Crippen LogP contribution is -1.98. The summed E-state index contributed by atoms with van der Waals surface area (Å²) in [4.78, 5) is 14.0. The average molecular weight is 560 g/mol. The number of aromatic nitrogens is 3. The number of benzene rings is 6. The molecule has 0 aliphatic heterocycles. The zero-order valence-electron chi connectivity index (χ0n) is 22.3. The molecule has 0 saturated carbocycles. The maximum absolute atomic E-state index is 6.53. The molecule has 0 radical (unpaired) electrons. The number of nitrogens with zero attached hydrogens (tertiary/aromatic N) is 3. The van der Waals surface area contributed by atoms with Gasteiger partial charge in [0.25, 0.3) is 0 Å². The largest absolute Gasteiger partial charge is 0.455 e. The Labute approximate surface area is 246 Å². The van der Waals surface area contributed by atoms with Crippen LogP contribution < -0.4 is 0 Å². The Bertz CT molecular complexity index is 2250. The van der Waals surface area contributed by atoms with Crippen LogP contribution in [0.3, 0.4) is 0 Å². The SMILES string of the molecule is Clc1nc(-c2ccc(-c3cccc4ccccc34)cc2)nc(-c2ccc(-c3ccccc3)c3oc4ccccc4c23)n1. The van der Waals surface area contributed by atoms with E-state index in [1.807, 2.05) is 54.6 Å². The first-order valence-corrected chi connectivity index (χ1v) is 14.1. The maximum atomic E-state index is 6.53. The molecule has 2 heterocycles. The maximum Gasteiger partial charge on any atom is 0.226 e. The molecule has 42 heavy (non-hydrogen) atoms. The zero-order chi connectivity index (χ0) is 28.0. The quantitative estimate of drug-likeness (QED) is 0.215. The van der Waals surface area contributed by atoms with Crippen molar-refractivity contribution >= 4 is 44.3 Å². The molecule has 0 unspecified atom stereocenters. The van der Waals surface area contributed by atoms with Gasteiger partial charge in [-0.1, -0.05) is 115 Å². The molecule has 5 heteroatoms. The summed E-state index contributed by atoms with van der Waals surface area (Å²) in [5, 5.41) is 4.52. The van der Waals surface area contributed by atoms with Gasteiger partial charge in [-0.25, -0.2) is 4.98 Å². The Morgan fingerprint density at radius 2 is 1.10 bits per heavy atom. The van der Waals surface area contributed by atoms with Crippen LogP contribution in [0.1, 0.15) is 0 Å². The van der Waals surface area contributed by atoms with Crippen molar-refractivity contribution in [1.82, 2.24) is 15.0 Å². The third-order valence-electron chi connectivity index (χ3n) is 7.70. The zero-order valence-corrected chi connectivity index (χ0v) is 23.1. The fourth-order valence-corrected chi connectivity index (χ4v) is 5.90. The summed E-state index contributed by atoms with van der Waals surface area (Å²) in [5.41, 5.74) is 7.69. The summed E-state index contributed by atoms with van der Waals surface area (Å²) in [6, 6.07) is 45.5. The highest BCUT2D eigenvalue weighted by Gasteiger charge is 2.20. The van der Waals surface area contributed by atoms with E-state index in [0.717, 1.165) is 49.8 Å². The Hall–Kier alpha value is -5.32. The molecule has 0 spiro atoms. The minimum Gasteiger partial charge on any atom is -0.455 e. The molecule has 0 N–H and O–H groups in total. The summed E-state index contributed by atoms with van der Waals surface area (Å²) >= 11 is 6.53. The van der Waals surface area contributed by atoms with Crippen LogP contribution in [0.4, 0.5) is 0 Å². The van der Waals surface area contributed by atoms with Gasteiger partial charge in [0.1, 0.15) is 11.2 Å². The van der Waals surface area contributed by atoms with Crippen molar-refractivity contribution in [3.05, 3.63) is 139 Å². The van der Waals surface area contributed by atoms with Gasteiger partial charge in [0.2, 0.25) is 5.28 Å². The monoisotopic (exact) mass is 559 g/mol. The van der Waals surface area contributed by atoms with E-state index in [1.54, 1.807) is 0 Å². The van der Waals surface area contributed by atoms with Gasteiger partial charge in [-0.3, -0.25) is 0 Å². The molecule has 4 nitrogen and oxygen atoms in total. The Kier molecular flexibility index (Phi) is 5.80. The Morgan fingerprint density at radius 3 is 1.95 bits per heavy atom. The molecule has 8 aromatic rings. The third kappa shape index (κ3) is 4.12. The number of hydrogen-bond donors (Lipinski definition) is 0. The van der Waals surface area contributed by atoms with Crippen LogP contribution in [0.15, 0.2) is 138 Å². The van der Waals surface area contributed by atoms with Gasteiger partial charge >= 0.3 is 0 Å². The lowest BCUT2D eigenvalue weighted by Gasteiger charge is -2.10. The van der Waals surface area contributed by atoms with Crippen molar-refractivity contribution in [3.8, 4) is 45.0 Å². The number of furan rings is 1. The Balaban J connectivity index is 1.26. The van der Waals surface area contributed by atoms with Crippen LogP contribution in [0, 0.1) is 0 Å². The number of fused-ring (bicyclic) bond motifs is 4. The molecule has 0 aliphatic carbocycles. The molecule has 2 aromatic heterocycles. The predicted octanol–water partition coefficient (Wildman–Crippen LogP) is 10.2. The summed E-state index contributed by atoms with van der Waals surface area (Å²) in [5.74, 6) is 1.02. The van der Waals surface area contributed by atoms with E-state index >= 15 is 0 Å². The standard InChI is InChI=1S/C37H22ClN3O/c38-37-40-35(26-19-17-25(18-20-26)28-15-8-12-23-11-4-5-13-27(23)28)39-36(41-37)31-22-21-29(24-9-2-1-3-10-24)34-33(31)30-14-6-7-16-32(30)42-34/h1-22H. The molecule has 0 bridgehead atoms. The molecule has 8 rings (SSSR count). The highest BCUT2D eigenvalue weighted by atomic mass is 35.5. The molecular formula is C37H22ClN3O. The van der Waals surface area contributed by atoms with Gasteiger partial charge in [-0.2, -0.15) is 9.97 Å². The van der Waals surface area contributed by atoms with E-state index in [0.29, 0.717) is 11.6 Å². The fraction of sp³-hybridized carbons (Fsp3) is 0. The van der Waals surface area contributed by atoms with Gasteiger partial charge in [0.15, 0.2) is 11.6 Å². The van der Waals surface area contributed by atoms with Crippen molar-refractivity contribution in [3.63, 3.8) is 0 Å². The molecule has 0 atom stereocenters. The van der Waals surface area contributed by atoms with E-state index in [1.165, 1.54) is 16.3 Å². The van der Waals surface area contributed by atoms with E-state index in [-0.39, 0.29) is 5.28 Å². The molecule has 0 amide bonds. The van der Waals surface area contributed by atoms with E-state index < -0.39 is 0 Å². The molecule has 198 valence electrons. The van der Waals surface area contributed by atoms with Gasteiger partial charge in [0.05, 0.1) is 0 Å². The van der Waals surface area contributed by atoms with Crippen LogP contribution in [-0.2, 0) is 0 Å². The second-order valence-electron chi connectivity index (χ2n) is 10.2. The van der Waals surface area contributed by atoms with E-state index in [4.69, 9.17) is 21.0 Å². The number of halogens is 1. The van der Waals surface area contributed by atoms with Crippen LogP contribution in [-0.4, -0.2) is 15.0 Å². The number of para-hydroxylation sites is 1. The first-order chi connectivity index (χ1) is 20.7. The minimum atomic E-state index is 0.140. The van der Waals surface area contributed by atoms with Crippen LogP contribution in [0.2, 0.25) is 5.28 Å². The van der Waals surface area contributed by atoms with Gasteiger partial charge in [-0.15, -0.1) is 0 Å². The highest BCUT2D eigenvalue weighted by Crippen LogP contribution is 2.41. The number of hydrogen-bond acceptors (Lipinski definition) is 4. The van der Waals surface area contributed by atoms with Crippen molar-refractivity contribution in [2.45, 2.75) is 0 Å². The first kappa shape index (κ1) is 24.5. The molecule has 0 aliphatic rings. The third-order valence-corrected chi connectivity index (χ3v) is 7.87. The average Bonchev–Trinajstić information content (AvgIpc) is 3.44. The van der Waals surface area contributed by atoms with Crippen molar-refractivity contribution in [2.24, 2.45) is 0 Å². The highest BCUT2D eigenvalue weighted by molar-refractivity contribution is 6.28. The van der Waals surface area contributed by atoms with Crippen molar-refractivity contribution in [2.75, 3.05) is 0 Å². The molecule has 0 saturated heterocycles. The van der Waals surface area contributed by atoms with Gasteiger partial charge < -0.3 is 4.42 Å². The summed E-state index contributed by atoms with van der Waals surface area (Å²) in [6.07, 6.45) is 0. The van der Waals surface area contributed by atoms with Gasteiger partial charge in [-0.05, 0) is 57.3 Å². The molecular weight excluding hydrogens is 538 g/mol. The molecule has 6 aromatic carbocycles. The summed E-state index contributed by atoms with van der Waals surface area (Å²) < 4.78 is 6.43. The topological polar surface area (TPSA) is 51.8 Å². The summed E-state index contributed by atoms with van der Waals surface area (Å²) in [7, 11) is 0. The van der Waals surface area contributed by atoms with Crippen molar-refractivity contribution in [1.29, 1.82) is 0 Å². The lowest BCUT2D eigenvalue weighted by molar-refractivity contribution is 0.670. The lowest BCUT2D eigenvalue weighted by atomic mass is 9.97. The normalized spacial score (nSPS) is 11.5. The van der Waals surface area contributed by atoms with E-state index in [9.17, 15) is 0 Å². The second-order valence-corrected chi connectivity index (χ2v) is 10.5. The fourth-order valence-electron chi connectivity index (χ4n) is 5.74.